The molecule has 1 aliphatic rings. The van der Waals surface area contributed by atoms with Gasteiger partial charge in [-0.05, 0) is 37.1 Å². The number of carbonyl (C=O) groups excluding carboxylic acids is 1. The lowest BCUT2D eigenvalue weighted by Crippen LogP contribution is -2.14. The molecular formula is C19H17N3O2S2. The highest BCUT2D eigenvalue weighted by Gasteiger charge is 2.29. The van der Waals surface area contributed by atoms with E-state index in [0.29, 0.717) is 17.0 Å². The van der Waals surface area contributed by atoms with Crippen LogP contribution in [0.4, 0.5) is 5.69 Å². The number of hydrogen-bond donors (Lipinski definition) is 1. The monoisotopic (exact) mass is 383 g/mol. The van der Waals surface area contributed by atoms with Crippen molar-refractivity contribution < 1.29 is 9.21 Å². The fraction of sp³-hybridized carbons (Fsp3) is 0.211. The van der Waals surface area contributed by atoms with E-state index >= 15 is 0 Å². The number of benzene rings is 2. The molecule has 1 fully saturated rings. The van der Waals surface area contributed by atoms with Gasteiger partial charge >= 0.3 is 0 Å². The molecule has 4 rings (SSSR count). The van der Waals surface area contributed by atoms with E-state index in [-0.39, 0.29) is 11.7 Å². The van der Waals surface area contributed by atoms with Crippen LogP contribution < -0.4 is 5.32 Å². The zero-order chi connectivity index (χ0) is 17.8. The highest BCUT2D eigenvalue weighted by molar-refractivity contribution is 8.00. The maximum Gasteiger partial charge on any atom is 0.277 e. The Balaban J connectivity index is 1.36. The van der Waals surface area contributed by atoms with Crippen LogP contribution in [0.2, 0.25) is 0 Å². The molecule has 1 saturated carbocycles. The van der Waals surface area contributed by atoms with E-state index in [4.69, 9.17) is 4.42 Å². The molecule has 1 N–H and O–H groups in total. The summed E-state index contributed by atoms with van der Waals surface area (Å²) in [6, 6.07) is 17.9. The topological polar surface area (TPSA) is 68.0 Å². The Morgan fingerprint density at radius 3 is 2.65 bits per heavy atom. The van der Waals surface area contributed by atoms with Crippen LogP contribution in [0.5, 0.6) is 0 Å². The van der Waals surface area contributed by atoms with E-state index in [9.17, 15) is 4.79 Å². The summed E-state index contributed by atoms with van der Waals surface area (Å²) in [6.07, 6.45) is 2.23. The first-order valence-corrected chi connectivity index (χ1v) is 10.2. The Labute approximate surface area is 160 Å². The zero-order valence-corrected chi connectivity index (χ0v) is 15.6. The summed E-state index contributed by atoms with van der Waals surface area (Å²) in [5.74, 6) is 1.25. The Kier molecular flexibility index (Phi) is 5.26. The summed E-state index contributed by atoms with van der Waals surface area (Å²) in [5.41, 5.74) is 0.802. The summed E-state index contributed by atoms with van der Waals surface area (Å²) in [6.45, 7) is 0. The van der Waals surface area contributed by atoms with Crippen molar-refractivity contribution in [1.82, 2.24) is 10.2 Å². The minimum atomic E-state index is -0.0951. The predicted molar refractivity (Wildman–Crippen MR) is 103 cm³/mol. The van der Waals surface area contributed by atoms with Crippen molar-refractivity contribution in [2.45, 2.75) is 33.8 Å². The molecule has 3 aromatic rings. The van der Waals surface area contributed by atoms with Crippen molar-refractivity contribution in [2.24, 2.45) is 0 Å². The average molecular weight is 383 g/mol. The van der Waals surface area contributed by atoms with E-state index in [1.165, 1.54) is 11.8 Å². The number of rotatable bonds is 7. The SMILES string of the molecule is O=C(CSc1nnc(C2CC2)o1)Nc1ccccc1Sc1ccccc1. The Bertz CT molecular complexity index is 895. The van der Waals surface area contributed by atoms with Gasteiger partial charge in [0, 0.05) is 15.7 Å². The Morgan fingerprint density at radius 1 is 1.08 bits per heavy atom. The first kappa shape index (κ1) is 17.2. The molecule has 1 aliphatic carbocycles. The molecule has 1 heterocycles. The molecule has 0 bridgehead atoms. The smallest absolute Gasteiger partial charge is 0.277 e. The maximum absolute atomic E-state index is 12.3. The third kappa shape index (κ3) is 4.47. The van der Waals surface area contributed by atoms with E-state index in [0.717, 1.165) is 28.3 Å². The second-order valence-electron chi connectivity index (χ2n) is 5.93. The van der Waals surface area contributed by atoms with Crippen molar-refractivity contribution in [3.05, 3.63) is 60.5 Å². The molecule has 0 unspecified atom stereocenters. The van der Waals surface area contributed by atoms with Crippen LogP contribution in [0.3, 0.4) is 0 Å². The number of nitrogens with one attached hydrogen (secondary N) is 1. The third-order valence-electron chi connectivity index (χ3n) is 3.81. The first-order valence-electron chi connectivity index (χ1n) is 8.36. The van der Waals surface area contributed by atoms with Crippen LogP contribution in [0, 0.1) is 0 Å². The molecule has 0 radical (unpaired) electrons. The third-order valence-corrected chi connectivity index (χ3v) is 5.71. The van der Waals surface area contributed by atoms with Crippen molar-refractivity contribution in [1.29, 1.82) is 0 Å². The van der Waals surface area contributed by atoms with Crippen molar-refractivity contribution in [3.8, 4) is 0 Å². The number of nitrogens with zero attached hydrogens (tertiary/aromatic N) is 2. The van der Waals surface area contributed by atoms with Gasteiger partial charge in [0.15, 0.2) is 0 Å². The van der Waals surface area contributed by atoms with Crippen LogP contribution in [0.15, 0.2) is 74.0 Å². The van der Waals surface area contributed by atoms with Gasteiger partial charge in [-0.25, -0.2) is 0 Å². The number of thioether (sulfide) groups is 1. The number of para-hydroxylation sites is 1. The van der Waals surface area contributed by atoms with Gasteiger partial charge in [0.1, 0.15) is 0 Å². The van der Waals surface area contributed by atoms with Gasteiger partial charge < -0.3 is 9.73 Å². The number of hydrogen-bond acceptors (Lipinski definition) is 6. The molecule has 5 nitrogen and oxygen atoms in total. The lowest BCUT2D eigenvalue weighted by Gasteiger charge is -2.10. The van der Waals surface area contributed by atoms with Gasteiger partial charge in [-0.3, -0.25) is 4.79 Å². The van der Waals surface area contributed by atoms with Crippen LogP contribution in [-0.4, -0.2) is 21.9 Å². The van der Waals surface area contributed by atoms with Gasteiger partial charge in [0.2, 0.25) is 11.8 Å². The molecule has 0 atom stereocenters. The molecule has 0 spiro atoms. The minimum absolute atomic E-state index is 0.0951. The number of amides is 1. The van der Waals surface area contributed by atoms with Gasteiger partial charge in [-0.15, -0.1) is 10.2 Å². The van der Waals surface area contributed by atoms with Gasteiger partial charge in [-0.1, -0.05) is 53.9 Å². The largest absolute Gasteiger partial charge is 0.416 e. The summed E-state index contributed by atoms with van der Waals surface area (Å²) in [7, 11) is 0. The number of carbonyl (C=O) groups is 1. The number of aromatic nitrogens is 2. The fourth-order valence-corrected chi connectivity index (χ4v) is 3.85. The van der Waals surface area contributed by atoms with Crippen LogP contribution in [0.25, 0.3) is 0 Å². The van der Waals surface area contributed by atoms with E-state index in [1.54, 1.807) is 11.8 Å². The Morgan fingerprint density at radius 2 is 1.85 bits per heavy atom. The molecule has 0 aliphatic heterocycles. The summed E-state index contributed by atoms with van der Waals surface area (Å²) in [5, 5.41) is 11.4. The molecular weight excluding hydrogens is 366 g/mol. The van der Waals surface area contributed by atoms with Crippen molar-refractivity contribution >= 4 is 35.1 Å². The van der Waals surface area contributed by atoms with Gasteiger partial charge in [0.05, 0.1) is 11.4 Å². The lowest BCUT2D eigenvalue weighted by atomic mass is 10.3. The second-order valence-corrected chi connectivity index (χ2v) is 7.97. The number of anilines is 1. The maximum atomic E-state index is 12.3. The molecule has 1 amide bonds. The normalized spacial score (nSPS) is 13.5. The van der Waals surface area contributed by atoms with E-state index < -0.39 is 0 Å². The summed E-state index contributed by atoms with van der Waals surface area (Å²) >= 11 is 2.89. The molecule has 0 saturated heterocycles. The highest BCUT2D eigenvalue weighted by Crippen LogP contribution is 2.39. The van der Waals surface area contributed by atoms with Gasteiger partial charge in [0.25, 0.3) is 5.22 Å². The van der Waals surface area contributed by atoms with Gasteiger partial charge in [-0.2, -0.15) is 0 Å². The first-order chi connectivity index (χ1) is 12.8. The van der Waals surface area contributed by atoms with Crippen LogP contribution in [-0.2, 0) is 4.79 Å². The minimum Gasteiger partial charge on any atom is -0.416 e. The Hall–Kier alpha value is -2.25. The molecule has 1 aromatic heterocycles. The summed E-state index contributed by atoms with van der Waals surface area (Å²) < 4.78 is 5.57. The van der Waals surface area contributed by atoms with E-state index in [1.807, 2.05) is 54.6 Å². The lowest BCUT2D eigenvalue weighted by molar-refractivity contribution is -0.113. The molecule has 7 heteroatoms. The zero-order valence-electron chi connectivity index (χ0n) is 13.9. The van der Waals surface area contributed by atoms with Crippen molar-refractivity contribution in [3.63, 3.8) is 0 Å². The average Bonchev–Trinajstić information content (AvgIpc) is 3.41. The summed E-state index contributed by atoms with van der Waals surface area (Å²) in [4.78, 5) is 14.4. The predicted octanol–water partition coefficient (Wildman–Crippen LogP) is 4.83. The van der Waals surface area contributed by atoms with E-state index in [2.05, 4.69) is 15.5 Å². The van der Waals surface area contributed by atoms with Crippen LogP contribution in [0.1, 0.15) is 24.7 Å². The highest BCUT2D eigenvalue weighted by atomic mass is 32.2. The van der Waals surface area contributed by atoms with Crippen molar-refractivity contribution in [2.75, 3.05) is 11.1 Å². The van der Waals surface area contributed by atoms with Crippen LogP contribution >= 0.6 is 23.5 Å². The quantitative estimate of drug-likeness (QED) is 0.590. The second kappa shape index (κ2) is 7.97. The molecule has 26 heavy (non-hydrogen) atoms. The molecule has 132 valence electrons. The standard InChI is InChI=1S/C19H17N3O2S2/c23-17(12-25-19-22-21-18(24-19)13-10-11-13)20-15-8-4-5-9-16(15)26-14-6-2-1-3-7-14/h1-9,13H,10-12H2,(H,20,23). The fourth-order valence-electron chi connectivity index (χ4n) is 2.36. The molecule has 2 aromatic carbocycles.